The normalized spacial score (nSPS) is 14.1. The third-order valence-electron chi connectivity index (χ3n) is 5.64. The maximum atomic E-state index is 4.50. The molecule has 1 saturated heterocycles. The number of aromatic nitrogens is 3. The number of aryl methyl sites for hydroxylation is 1. The Labute approximate surface area is 186 Å². The Morgan fingerprint density at radius 3 is 2.29 bits per heavy atom. The van der Waals surface area contributed by atoms with E-state index in [0.29, 0.717) is 0 Å². The molecular formula is C24H26N6S. The smallest absolute Gasteiger partial charge is 0.218 e. The summed E-state index contributed by atoms with van der Waals surface area (Å²) in [5.41, 5.74) is 4.84. The van der Waals surface area contributed by atoms with Crippen molar-refractivity contribution in [1.82, 2.24) is 14.8 Å². The van der Waals surface area contributed by atoms with Gasteiger partial charge in [0.15, 0.2) is 0 Å². The molecule has 1 fully saturated rings. The van der Waals surface area contributed by atoms with Crippen LogP contribution in [0.2, 0.25) is 0 Å². The molecule has 0 unspecified atom stereocenters. The highest BCUT2D eigenvalue weighted by Crippen LogP contribution is 2.27. The van der Waals surface area contributed by atoms with Crippen LogP contribution in [0.1, 0.15) is 11.3 Å². The Morgan fingerprint density at radius 1 is 0.806 bits per heavy atom. The molecule has 2 aromatic carbocycles. The number of piperazine rings is 1. The first-order chi connectivity index (χ1) is 15.3. The van der Waals surface area contributed by atoms with Crippen LogP contribution in [0, 0.1) is 6.92 Å². The first-order valence-electron chi connectivity index (χ1n) is 10.6. The minimum absolute atomic E-state index is 0.737. The summed E-state index contributed by atoms with van der Waals surface area (Å²) in [6.07, 6.45) is 2.06. The van der Waals surface area contributed by atoms with Crippen molar-refractivity contribution in [3.05, 3.63) is 84.2 Å². The van der Waals surface area contributed by atoms with Crippen LogP contribution in [0.5, 0.6) is 0 Å². The fraction of sp³-hybridized carbons (Fsp3) is 0.250. The molecular weight excluding hydrogens is 404 g/mol. The molecule has 1 N–H and O–H groups in total. The van der Waals surface area contributed by atoms with Crippen LogP contribution in [0.3, 0.4) is 0 Å². The monoisotopic (exact) mass is 430 g/mol. The summed E-state index contributed by atoms with van der Waals surface area (Å²) < 4.78 is 2.13. The molecule has 6 nitrogen and oxygen atoms in total. The Bertz CT molecular complexity index is 1110. The van der Waals surface area contributed by atoms with Gasteiger partial charge in [-0.25, -0.2) is 0 Å². The zero-order valence-electron chi connectivity index (χ0n) is 17.6. The van der Waals surface area contributed by atoms with E-state index in [0.717, 1.165) is 54.4 Å². The van der Waals surface area contributed by atoms with Gasteiger partial charge in [-0.05, 0) is 43.3 Å². The Balaban J connectivity index is 1.23. The summed E-state index contributed by atoms with van der Waals surface area (Å²) in [5.74, 6) is 0. The van der Waals surface area contributed by atoms with Gasteiger partial charge in [0.25, 0.3) is 0 Å². The Hall–Kier alpha value is -3.32. The van der Waals surface area contributed by atoms with E-state index in [1.165, 1.54) is 11.3 Å². The standard InChI is InChI=1S/C24H26N6S/c1-19-9-11-20(12-10-19)25-18-22-8-5-13-30(22)24-27-26-23(31-24)29-16-14-28(15-17-29)21-6-3-2-4-7-21/h2-13,25H,14-18H2,1H3. The number of benzene rings is 2. The van der Waals surface area contributed by atoms with Gasteiger partial charge in [0, 0.05) is 49.4 Å². The van der Waals surface area contributed by atoms with Crippen LogP contribution in [0.25, 0.3) is 5.13 Å². The van der Waals surface area contributed by atoms with Gasteiger partial charge in [0.2, 0.25) is 10.3 Å². The van der Waals surface area contributed by atoms with E-state index in [1.54, 1.807) is 11.3 Å². The van der Waals surface area contributed by atoms with Gasteiger partial charge in [-0.3, -0.25) is 4.57 Å². The van der Waals surface area contributed by atoms with E-state index in [4.69, 9.17) is 0 Å². The molecule has 158 valence electrons. The van der Waals surface area contributed by atoms with Crippen LogP contribution in [0.15, 0.2) is 72.9 Å². The lowest BCUT2D eigenvalue weighted by atomic mass is 10.2. The third kappa shape index (κ3) is 4.41. The second-order valence-corrected chi connectivity index (χ2v) is 8.70. The lowest BCUT2D eigenvalue weighted by Crippen LogP contribution is -2.46. The summed E-state index contributed by atoms with van der Waals surface area (Å²) >= 11 is 1.65. The van der Waals surface area contributed by atoms with Gasteiger partial charge >= 0.3 is 0 Å². The maximum Gasteiger partial charge on any atom is 0.218 e. The predicted molar refractivity (Wildman–Crippen MR) is 129 cm³/mol. The Morgan fingerprint density at radius 2 is 1.52 bits per heavy atom. The molecule has 0 amide bonds. The maximum absolute atomic E-state index is 4.50. The highest BCUT2D eigenvalue weighted by atomic mass is 32.1. The van der Waals surface area contributed by atoms with Gasteiger partial charge in [-0.2, -0.15) is 0 Å². The molecule has 1 aliphatic heterocycles. The second kappa shape index (κ2) is 8.81. The molecule has 7 heteroatoms. The summed E-state index contributed by atoms with van der Waals surface area (Å²) in [6, 6.07) is 23.3. The highest BCUT2D eigenvalue weighted by Gasteiger charge is 2.21. The molecule has 3 heterocycles. The molecule has 0 atom stereocenters. The van der Waals surface area contributed by atoms with Crippen molar-refractivity contribution >= 4 is 27.8 Å². The number of nitrogens with one attached hydrogen (secondary N) is 1. The van der Waals surface area contributed by atoms with Crippen LogP contribution in [-0.2, 0) is 6.54 Å². The molecule has 1 aliphatic rings. The molecule has 31 heavy (non-hydrogen) atoms. The summed E-state index contributed by atoms with van der Waals surface area (Å²) in [7, 11) is 0. The molecule has 5 rings (SSSR count). The summed E-state index contributed by atoms with van der Waals surface area (Å²) in [4.78, 5) is 4.77. The van der Waals surface area contributed by atoms with Crippen molar-refractivity contribution in [2.24, 2.45) is 0 Å². The molecule has 0 aliphatic carbocycles. The molecule has 4 aromatic rings. The van der Waals surface area contributed by atoms with Gasteiger partial charge in [-0.1, -0.05) is 47.2 Å². The largest absolute Gasteiger partial charge is 0.379 e. The average molecular weight is 431 g/mol. The van der Waals surface area contributed by atoms with Gasteiger partial charge < -0.3 is 15.1 Å². The summed E-state index contributed by atoms with van der Waals surface area (Å²) in [5, 5.41) is 14.4. The van der Waals surface area contributed by atoms with E-state index in [9.17, 15) is 0 Å². The van der Waals surface area contributed by atoms with Gasteiger partial charge in [0.1, 0.15) is 0 Å². The van der Waals surface area contributed by atoms with Crippen molar-refractivity contribution in [3.8, 4) is 5.13 Å². The lowest BCUT2D eigenvalue weighted by Gasteiger charge is -2.35. The molecule has 0 spiro atoms. The predicted octanol–water partition coefficient (Wildman–Crippen LogP) is 4.58. The quantitative estimate of drug-likeness (QED) is 0.485. The molecule has 0 bridgehead atoms. The van der Waals surface area contributed by atoms with Gasteiger partial charge in [0.05, 0.1) is 6.54 Å². The number of hydrogen-bond donors (Lipinski definition) is 1. The van der Waals surface area contributed by atoms with Crippen molar-refractivity contribution in [2.75, 3.05) is 41.3 Å². The zero-order valence-corrected chi connectivity index (χ0v) is 18.4. The zero-order chi connectivity index (χ0) is 21.0. The van der Waals surface area contributed by atoms with Crippen LogP contribution >= 0.6 is 11.3 Å². The molecule has 0 saturated carbocycles. The van der Waals surface area contributed by atoms with Crippen molar-refractivity contribution < 1.29 is 0 Å². The fourth-order valence-corrected chi connectivity index (χ4v) is 4.75. The van der Waals surface area contributed by atoms with E-state index in [2.05, 4.69) is 110 Å². The number of hydrogen-bond acceptors (Lipinski definition) is 6. The van der Waals surface area contributed by atoms with Gasteiger partial charge in [-0.15, -0.1) is 10.2 Å². The first-order valence-corrected chi connectivity index (χ1v) is 11.4. The van der Waals surface area contributed by atoms with Crippen LogP contribution in [0.4, 0.5) is 16.5 Å². The minimum atomic E-state index is 0.737. The first kappa shape index (κ1) is 19.6. The number of nitrogens with zero attached hydrogens (tertiary/aromatic N) is 5. The highest BCUT2D eigenvalue weighted by molar-refractivity contribution is 7.17. The Kier molecular flexibility index (Phi) is 5.58. The van der Waals surface area contributed by atoms with Crippen molar-refractivity contribution in [2.45, 2.75) is 13.5 Å². The topological polar surface area (TPSA) is 49.2 Å². The minimum Gasteiger partial charge on any atom is -0.379 e. The third-order valence-corrected chi connectivity index (χ3v) is 6.62. The number of para-hydroxylation sites is 1. The average Bonchev–Trinajstić information content (AvgIpc) is 3.49. The lowest BCUT2D eigenvalue weighted by molar-refractivity contribution is 0.649. The van der Waals surface area contributed by atoms with E-state index >= 15 is 0 Å². The molecule has 2 aromatic heterocycles. The van der Waals surface area contributed by atoms with E-state index < -0.39 is 0 Å². The summed E-state index contributed by atoms with van der Waals surface area (Å²) in [6.45, 7) is 6.74. The number of anilines is 3. The van der Waals surface area contributed by atoms with Crippen molar-refractivity contribution in [1.29, 1.82) is 0 Å². The van der Waals surface area contributed by atoms with Crippen LogP contribution in [-0.4, -0.2) is 40.9 Å². The van der Waals surface area contributed by atoms with Crippen molar-refractivity contribution in [3.63, 3.8) is 0 Å². The van der Waals surface area contributed by atoms with E-state index in [1.807, 2.05) is 0 Å². The number of rotatable bonds is 6. The second-order valence-electron chi connectivity index (χ2n) is 7.77. The molecule has 0 radical (unpaired) electrons. The van der Waals surface area contributed by atoms with Crippen LogP contribution < -0.4 is 15.1 Å². The fourth-order valence-electron chi connectivity index (χ4n) is 3.84. The van der Waals surface area contributed by atoms with E-state index in [-0.39, 0.29) is 0 Å². The SMILES string of the molecule is Cc1ccc(NCc2cccn2-c2nnc(N3CCN(c4ccccc4)CC3)s2)cc1.